The average molecular weight is 356 g/mol. The lowest BCUT2D eigenvalue weighted by atomic mass is 9.83. The number of aliphatic hydroxyl groups is 1. The molecule has 0 amide bonds. The largest absolute Gasteiger partial charge is 0.391 e. The molecule has 0 radical (unpaired) electrons. The molecule has 1 N–H and O–H groups in total. The van der Waals surface area contributed by atoms with Crippen molar-refractivity contribution < 1.29 is 5.11 Å². The predicted molar refractivity (Wildman–Crippen MR) is 101 cm³/mol. The Morgan fingerprint density at radius 3 is 2.76 bits per heavy atom. The maximum Gasteiger partial charge on any atom is 0.250 e. The minimum Gasteiger partial charge on any atom is -0.391 e. The van der Waals surface area contributed by atoms with E-state index < -0.39 is 0 Å². The molecule has 0 spiro atoms. The number of hydrogen-bond donors (Lipinski definition) is 1. The van der Waals surface area contributed by atoms with E-state index in [0.29, 0.717) is 24.1 Å². The molecule has 2 aliphatic rings. The molecule has 4 nitrogen and oxygen atoms in total. The molecule has 1 aromatic carbocycles. The Kier molecular flexibility index (Phi) is 4.97. The van der Waals surface area contributed by atoms with Crippen molar-refractivity contribution in [2.24, 2.45) is 5.92 Å². The highest BCUT2D eigenvalue weighted by molar-refractivity contribution is 7.99. The third-order valence-electron chi connectivity index (χ3n) is 5.21. The zero-order valence-corrected chi connectivity index (χ0v) is 15.1. The second-order valence-corrected chi connectivity index (χ2v) is 8.29. The number of pyridine rings is 1. The summed E-state index contributed by atoms with van der Waals surface area (Å²) in [6.45, 7) is 3.44. The van der Waals surface area contributed by atoms with Crippen LogP contribution in [0.25, 0.3) is 0 Å². The number of rotatable bonds is 5. The van der Waals surface area contributed by atoms with E-state index in [-0.39, 0.29) is 11.7 Å². The average Bonchev–Trinajstić information content (AvgIpc) is 2.62. The van der Waals surface area contributed by atoms with E-state index in [1.807, 2.05) is 28.8 Å². The molecule has 5 heteroatoms. The number of benzene rings is 1. The molecule has 132 valence electrons. The van der Waals surface area contributed by atoms with Gasteiger partial charge in [-0.15, -0.1) is 11.8 Å². The molecule has 25 heavy (non-hydrogen) atoms. The zero-order chi connectivity index (χ0) is 17.2. The predicted octanol–water partition coefficient (Wildman–Crippen LogP) is 2.42. The van der Waals surface area contributed by atoms with Crippen molar-refractivity contribution in [1.29, 1.82) is 0 Å². The fourth-order valence-corrected chi connectivity index (χ4v) is 5.04. The Labute approximate surface area is 152 Å². The van der Waals surface area contributed by atoms with Gasteiger partial charge in [0.1, 0.15) is 0 Å². The number of hydrogen-bond acceptors (Lipinski definition) is 4. The maximum atomic E-state index is 12.1. The van der Waals surface area contributed by atoms with Gasteiger partial charge in [0.15, 0.2) is 0 Å². The van der Waals surface area contributed by atoms with Crippen LogP contribution in [-0.4, -0.2) is 46.1 Å². The van der Waals surface area contributed by atoms with Crippen LogP contribution in [0, 0.1) is 5.92 Å². The van der Waals surface area contributed by atoms with Crippen LogP contribution in [0.15, 0.2) is 58.2 Å². The quantitative estimate of drug-likeness (QED) is 0.836. The number of aromatic nitrogens is 1. The minimum absolute atomic E-state index is 0.125. The Hall–Kier alpha value is -1.56. The summed E-state index contributed by atoms with van der Waals surface area (Å²) >= 11 is 1.71. The van der Waals surface area contributed by atoms with E-state index in [0.717, 1.165) is 26.1 Å². The van der Waals surface area contributed by atoms with E-state index in [1.54, 1.807) is 17.8 Å². The molecule has 3 atom stereocenters. The molecule has 0 saturated carbocycles. The van der Waals surface area contributed by atoms with Crippen LogP contribution >= 0.6 is 11.8 Å². The first-order chi connectivity index (χ1) is 12.2. The summed E-state index contributed by atoms with van der Waals surface area (Å²) in [5, 5.41) is 10.4. The molecule has 1 saturated heterocycles. The lowest BCUT2D eigenvalue weighted by molar-refractivity contribution is 0.0717. The Morgan fingerprint density at radius 1 is 1.08 bits per heavy atom. The minimum atomic E-state index is -0.331. The van der Waals surface area contributed by atoms with E-state index in [2.05, 4.69) is 23.1 Å². The number of piperidine rings is 1. The summed E-state index contributed by atoms with van der Waals surface area (Å²) in [5.41, 5.74) is 1.29. The molecular weight excluding hydrogens is 332 g/mol. The molecule has 1 aromatic heterocycles. The summed E-state index contributed by atoms with van der Waals surface area (Å²) in [5.74, 6) is 1.64. The summed E-state index contributed by atoms with van der Waals surface area (Å²) in [4.78, 5) is 15.7. The van der Waals surface area contributed by atoms with Crippen LogP contribution in [0.4, 0.5) is 0 Å². The first-order valence-corrected chi connectivity index (χ1v) is 9.95. The lowest BCUT2D eigenvalue weighted by Crippen LogP contribution is -2.49. The molecule has 2 bridgehead atoms. The van der Waals surface area contributed by atoms with Gasteiger partial charge < -0.3 is 9.67 Å². The van der Waals surface area contributed by atoms with Gasteiger partial charge in [0.2, 0.25) is 0 Å². The number of thioether (sulfide) groups is 1. The van der Waals surface area contributed by atoms with Crippen molar-refractivity contribution in [3.05, 3.63) is 64.6 Å². The summed E-state index contributed by atoms with van der Waals surface area (Å²) in [6.07, 6.45) is 0.830. The van der Waals surface area contributed by atoms with Crippen molar-refractivity contribution in [2.75, 3.05) is 25.4 Å². The van der Waals surface area contributed by atoms with Crippen LogP contribution in [0.3, 0.4) is 0 Å². The lowest BCUT2D eigenvalue weighted by Gasteiger charge is -2.43. The first kappa shape index (κ1) is 16.9. The number of β-amino-alcohol motifs (C(OH)–C–C–N with tert-alkyl or cyclic N) is 1. The van der Waals surface area contributed by atoms with Crippen LogP contribution in [0.5, 0.6) is 0 Å². The van der Waals surface area contributed by atoms with Gasteiger partial charge in [-0.3, -0.25) is 9.69 Å². The third-order valence-corrected chi connectivity index (χ3v) is 6.37. The Bertz CT molecular complexity index is 777. The SMILES string of the molecule is O=c1cccc2n1C[C@H]1C[C@H]2CN(C[C@@H](O)CSc2ccccc2)C1. The Morgan fingerprint density at radius 2 is 1.92 bits per heavy atom. The molecule has 1 fully saturated rings. The van der Waals surface area contributed by atoms with Crippen LogP contribution in [-0.2, 0) is 6.54 Å². The van der Waals surface area contributed by atoms with Crippen molar-refractivity contribution in [3.8, 4) is 0 Å². The smallest absolute Gasteiger partial charge is 0.250 e. The van der Waals surface area contributed by atoms with Gasteiger partial charge in [0.05, 0.1) is 6.10 Å². The normalized spacial score (nSPS) is 23.9. The van der Waals surface area contributed by atoms with E-state index in [1.165, 1.54) is 10.6 Å². The van der Waals surface area contributed by atoms with E-state index in [4.69, 9.17) is 0 Å². The summed E-state index contributed by atoms with van der Waals surface area (Å²) in [7, 11) is 0. The Balaban J connectivity index is 1.36. The summed E-state index contributed by atoms with van der Waals surface area (Å²) < 4.78 is 1.96. The number of aliphatic hydroxyl groups excluding tert-OH is 1. The van der Waals surface area contributed by atoms with Crippen molar-refractivity contribution in [1.82, 2.24) is 9.47 Å². The molecule has 2 aliphatic heterocycles. The van der Waals surface area contributed by atoms with Crippen molar-refractivity contribution >= 4 is 11.8 Å². The fourth-order valence-electron chi connectivity index (χ4n) is 4.20. The molecule has 3 heterocycles. The topological polar surface area (TPSA) is 45.5 Å². The van der Waals surface area contributed by atoms with Gasteiger partial charge in [-0.1, -0.05) is 24.3 Å². The van der Waals surface area contributed by atoms with Gasteiger partial charge >= 0.3 is 0 Å². The number of likely N-dealkylation sites (tertiary alicyclic amines) is 1. The highest BCUT2D eigenvalue weighted by Crippen LogP contribution is 2.35. The van der Waals surface area contributed by atoms with E-state index >= 15 is 0 Å². The standard InChI is InChI=1S/C20H24N2O2S/c23-17(14-25-18-5-2-1-3-6-18)13-21-10-15-9-16(12-21)19-7-4-8-20(24)22(19)11-15/h1-8,15-17,23H,9-14H2/t15-,16-,17+/m0/s1. The van der Waals surface area contributed by atoms with E-state index in [9.17, 15) is 9.90 Å². The molecular formula is C20H24N2O2S. The second-order valence-electron chi connectivity index (χ2n) is 7.19. The molecule has 0 aliphatic carbocycles. The van der Waals surface area contributed by atoms with Crippen molar-refractivity contribution in [3.63, 3.8) is 0 Å². The summed E-state index contributed by atoms with van der Waals surface area (Å²) in [6, 6.07) is 15.9. The van der Waals surface area contributed by atoms with Gasteiger partial charge in [-0.05, 0) is 30.5 Å². The maximum absolute atomic E-state index is 12.1. The zero-order valence-electron chi connectivity index (χ0n) is 14.3. The van der Waals surface area contributed by atoms with Gasteiger partial charge in [-0.2, -0.15) is 0 Å². The van der Waals surface area contributed by atoms with Gasteiger partial charge in [-0.25, -0.2) is 0 Å². The number of fused-ring (bicyclic) bond motifs is 4. The highest BCUT2D eigenvalue weighted by Gasteiger charge is 2.34. The molecule has 4 rings (SSSR count). The van der Waals surface area contributed by atoms with Crippen LogP contribution in [0.2, 0.25) is 0 Å². The highest BCUT2D eigenvalue weighted by atomic mass is 32.2. The molecule has 0 unspecified atom stereocenters. The fraction of sp³-hybridized carbons (Fsp3) is 0.450. The molecule has 2 aromatic rings. The van der Waals surface area contributed by atoms with Crippen LogP contribution in [0.1, 0.15) is 18.0 Å². The third kappa shape index (κ3) is 3.84. The second kappa shape index (κ2) is 7.36. The first-order valence-electron chi connectivity index (χ1n) is 8.97. The van der Waals surface area contributed by atoms with Crippen LogP contribution < -0.4 is 5.56 Å². The number of nitrogens with zero attached hydrogens (tertiary/aromatic N) is 2. The van der Waals surface area contributed by atoms with Crippen molar-refractivity contribution in [2.45, 2.75) is 29.9 Å². The van der Waals surface area contributed by atoms with Gasteiger partial charge in [0, 0.05) is 54.5 Å². The van der Waals surface area contributed by atoms with Gasteiger partial charge in [0.25, 0.3) is 5.56 Å². The monoisotopic (exact) mass is 356 g/mol.